The second-order valence-electron chi connectivity index (χ2n) is 3.30. The van der Waals surface area contributed by atoms with Gasteiger partial charge >= 0.3 is 0 Å². The lowest BCUT2D eigenvalue weighted by Gasteiger charge is -2.00. The third-order valence-electron chi connectivity index (χ3n) is 1.93. The molecule has 1 rings (SSSR count). The number of ketones is 1. The van der Waals surface area contributed by atoms with Gasteiger partial charge in [0.15, 0.2) is 5.78 Å². The van der Waals surface area contributed by atoms with E-state index in [1.54, 1.807) is 13.0 Å². The highest BCUT2D eigenvalue weighted by Crippen LogP contribution is 2.13. The minimum atomic E-state index is 0.0954. The molecule has 0 bridgehead atoms. The summed E-state index contributed by atoms with van der Waals surface area (Å²) in [6, 6.07) is 8.16. The van der Waals surface area contributed by atoms with Crippen LogP contribution in [0.3, 0.4) is 0 Å². The van der Waals surface area contributed by atoms with Gasteiger partial charge in [0.1, 0.15) is 0 Å². The fourth-order valence-electron chi connectivity index (χ4n) is 1.20. The summed E-state index contributed by atoms with van der Waals surface area (Å²) in [4.78, 5) is 10.8. The van der Waals surface area contributed by atoms with Crippen LogP contribution in [0.4, 0.5) is 0 Å². The third-order valence-corrected chi connectivity index (χ3v) is 1.93. The van der Waals surface area contributed by atoms with Crippen LogP contribution >= 0.6 is 0 Å². The maximum Gasteiger partial charge on any atom is 0.152 e. The number of hydrogen-bond acceptors (Lipinski definition) is 1. The Morgan fingerprint density at radius 1 is 1.15 bits per heavy atom. The van der Waals surface area contributed by atoms with Crippen molar-refractivity contribution in [2.24, 2.45) is 0 Å². The van der Waals surface area contributed by atoms with Gasteiger partial charge in [0.05, 0.1) is 0 Å². The molecule has 0 heterocycles. The first-order valence-corrected chi connectivity index (χ1v) is 4.35. The summed E-state index contributed by atoms with van der Waals surface area (Å²) >= 11 is 0. The third kappa shape index (κ3) is 2.86. The number of benzene rings is 1. The van der Waals surface area contributed by atoms with Crippen LogP contribution in [-0.2, 0) is 4.79 Å². The number of aryl methyl sites for hydroxylation is 1. The van der Waals surface area contributed by atoms with Gasteiger partial charge in [-0.2, -0.15) is 0 Å². The Kier molecular flexibility index (Phi) is 3.02. The minimum absolute atomic E-state index is 0.0954. The molecule has 0 saturated heterocycles. The van der Waals surface area contributed by atoms with Crippen LogP contribution in [0.5, 0.6) is 0 Å². The van der Waals surface area contributed by atoms with E-state index in [2.05, 4.69) is 0 Å². The van der Waals surface area contributed by atoms with Crippen LogP contribution in [0.1, 0.15) is 25.0 Å². The highest BCUT2D eigenvalue weighted by atomic mass is 16.1. The molecule has 0 aliphatic heterocycles. The Morgan fingerprint density at radius 3 is 2.15 bits per heavy atom. The molecule has 13 heavy (non-hydrogen) atoms. The van der Waals surface area contributed by atoms with Crippen LogP contribution in [0.2, 0.25) is 0 Å². The Hall–Kier alpha value is -1.37. The first kappa shape index (κ1) is 9.72. The van der Waals surface area contributed by atoms with Crippen molar-refractivity contribution in [3.8, 4) is 0 Å². The maximum atomic E-state index is 10.8. The van der Waals surface area contributed by atoms with Crippen LogP contribution in [0.25, 0.3) is 5.57 Å². The SMILES string of the molecule is CC(=O)/C=C(\C)c1ccc(C)cc1. The summed E-state index contributed by atoms with van der Waals surface area (Å²) in [5, 5.41) is 0. The van der Waals surface area contributed by atoms with Crippen LogP contribution in [0.15, 0.2) is 30.3 Å². The normalized spacial score (nSPS) is 11.5. The second kappa shape index (κ2) is 4.04. The minimum Gasteiger partial charge on any atom is -0.295 e. The summed E-state index contributed by atoms with van der Waals surface area (Å²) in [7, 11) is 0. The molecule has 1 heteroatoms. The molecule has 68 valence electrons. The van der Waals surface area contributed by atoms with Crippen molar-refractivity contribution in [1.29, 1.82) is 0 Å². The van der Waals surface area contributed by atoms with Gasteiger partial charge in [-0.25, -0.2) is 0 Å². The highest BCUT2D eigenvalue weighted by molar-refractivity contribution is 5.94. The highest BCUT2D eigenvalue weighted by Gasteiger charge is 1.95. The average molecular weight is 174 g/mol. The zero-order chi connectivity index (χ0) is 9.84. The van der Waals surface area contributed by atoms with Gasteiger partial charge in [0.25, 0.3) is 0 Å². The van der Waals surface area contributed by atoms with E-state index in [0.717, 1.165) is 11.1 Å². The summed E-state index contributed by atoms with van der Waals surface area (Å²) in [6.45, 7) is 5.57. The van der Waals surface area contributed by atoms with E-state index in [1.807, 2.05) is 38.1 Å². The van der Waals surface area contributed by atoms with Crippen LogP contribution < -0.4 is 0 Å². The molecule has 0 atom stereocenters. The molecule has 0 amide bonds. The number of hydrogen-bond donors (Lipinski definition) is 0. The summed E-state index contributed by atoms with van der Waals surface area (Å²) in [5.41, 5.74) is 3.37. The van der Waals surface area contributed by atoms with Crippen LogP contribution in [0, 0.1) is 6.92 Å². The molecule has 0 aliphatic carbocycles. The largest absolute Gasteiger partial charge is 0.295 e. The van der Waals surface area contributed by atoms with Gasteiger partial charge in [-0.3, -0.25) is 4.79 Å². The second-order valence-corrected chi connectivity index (χ2v) is 3.30. The number of carbonyl (C=O) groups is 1. The van der Waals surface area contributed by atoms with Gasteiger partial charge in [-0.05, 0) is 38.0 Å². The van der Waals surface area contributed by atoms with Gasteiger partial charge in [-0.1, -0.05) is 29.8 Å². The van der Waals surface area contributed by atoms with Crippen molar-refractivity contribution in [3.05, 3.63) is 41.5 Å². The number of rotatable bonds is 2. The Morgan fingerprint density at radius 2 is 1.69 bits per heavy atom. The zero-order valence-corrected chi connectivity index (χ0v) is 8.29. The molecule has 1 aromatic rings. The Labute approximate surface area is 79.1 Å². The van der Waals surface area contributed by atoms with E-state index >= 15 is 0 Å². The lowest BCUT2D eigenvalue weighted by molar-refractivity contribution is -0.112. The lowest BCUT2D eigenvalue weighted by atomic mass is 10.0. The quantitative estimate of drug-likeness (QED) is 0.630. The summed E-state index contributed by atoms with van der Waals surface area (Å²) < 4.78 is 0. The first-order valence-electron chi connectivity index (χ1n) is 4.35. The molecule has 0 spiro atoms. The molecule has 0 saturated carbocycles. The van der Waals surface area contributed by atoms with Crippen molar-refractivity contribution < 1.29 is 4.79 Å². The van der Waals surface area contributed by atoms with E-state index in [4.69, 9.17) is 0 Å². The van der Waals surface area contributed by atoms with Gasteiger partial charge in [0.2, 0.25) is 0 Å². The smallest absolute Gasteiger partial charge is 0.152 e. The van der Waals surface area contributed by atoms with E-state index in [-0.39, 0.29) is 5.78 Å². The van der Waals surface area contributed by atoms with Gasteiger partial charge < -0.3 is 0 Å². The molecule has 1 aromatic carbocycles. The van der Waals surface area contributed by atoms with E-state index in [0.29, 0.717) is 0 Å². The lowest BCUT2D eigenvalue weighted by Crippen LogP contribution is -1.86. The molecule has 0 aromatic heterocycles. The summed E-state index contributed by atoms with van der Waals surface area (Å²) in [5.74, 6) is 0.0954. The average Bonchev–Trinajstić information content (AvgIpc) is 2.04. The van der Waals surface area contributed by atoms with Gasteiger partial charge in [-0.15, -0.1) is 0 Å². The molecular weight excluding hydrogens is 160 g/mol. The molecular formula is C12H14O. The molecule has 0 N–H and O–H groups in total. The predicted octanol–water partition coefficient (Wildman–Crippen LogP) is 2.99. The van der Waals surface area contributed by atoms with E-state index in [9.17, 15) is 4.79 Å². The fraction of sp³-hybridized carbons (Fsp3) is 0.250. The zero-order valence-electron chi connectivity index (χ0n) is 8.29. The summed E-state index contributed by atoms with van der Waals surface area (Å²) in [6.07, 6.45) is 1.66. The molecule has 0 radical (unpaired) electrons. The number of allylic oxidation sites excluding steroid dienone is 2. The number of carbonyl (C=O) groups excluding carboxylic acids is 1. The van der Waals surface area contributed by atoms with Crippen molar-refractivity contribution in [3.63, 3.8) is 0 Å². The maximum absolute atomic E-state index is 10.8. The molecule has 0 unspecified atom stereocenters. The monoisotopic (exact) mass is 174 g/mol. The standard InChI is InChI=1S/C12H14O/c1-9-4-6-12(7-5-9)10(2)8-11(3)13/h4-8H,1-3H3/b10-8+. The van der Waals surface area contributed by atoms with Crippen molar-refractivity contribution >= 4 is 11.4 Å². The fourth-order valence-corrected chi connectivity index (χ4v) is 1.20. The van der Waals surface area contributed by atoms with E-state index in [1.165, 1.54) is 5.56 Å². The molecule has 1 nitrogen and oxygen atoms in total. The molecule has 0 aliphatic rings. The van der Waals surface area contributed by atoms with E-state index < -0.39 is 0 Å². The topological polar surface area (TPSA) is 17.1 Å². The Bertz CT molecular complexity index is 331. The predicted molar refractivity (Wildman–Crippen MR) is 55.5 cm³/mol. The van der Waals surface area contributed by atoms with Crippen molar-refractivity contribution in [2.75, 3.05) is 0 Å². The van der Waals surface area contributed by atoms with Gasteiger partial charge in [0, 0.05) is 0 Å². The van der Waals surface area contributed by atoms with Crippen molar-refractivity contribution in [2.45, 2.75) is 20.8 Å². The first-order chi connectivity index (χ1) is 6.09. The molecule has 0 fully saturated rings. The Balaban J connectivity index is 2.96. The van der Waals surface area contributed by atoms with Crippen molar-refractivity contribution in [1.82, 2.24) is 0 Å². The van der Waals surface area contributed by atoms with Crippen LogP contribution in [-0.4, -0.2) is 5.78 Å².